The van der Waals surface area contributed by atoms with E-state index in [1.54, 1.807) is 5.57 Å². The van der Waals surface area contributed by atoms with Crippen molar-refractivity contribution in [2.24, 2.45) is 5.92 Å². The molecule has 0 saturated heterocycles. The van der Waals surface area contributed by atoms with Gasteiger partial charge in [0.05, 0.1) is 0 Å². The van der Waals surface area contributed by atoms with Gasteiger partial charge in [-0.05, 0) is 78.0 Å². The molecule has 0 aromatic carbocycles. The summed E-state index contributed by atoms with van der Waals surface area (Å²) in [6.45, 7) is 2.39. The van der Waals surface area contributed by atoms with E-state index in [0.29, 0.717) is 0 Å². The number of rotatable bonds is 6. The van der Waals surface area contributed by atoms with Crippen LogP contribution in [0.5, 0.6) is 0 Å². The second kappa shape index (κ2) is 8.06. The van der Waals surface area contributed by atoms with E-state index in [1.807, 2.05) is 0 Å². The molecule has 0 aromatic rings. The van der Waals surface area contributed by atoms with Gasteiger partial charge >= 0.3 is 0 Å². The summed E-state index contributed by atoms with van der Waals surface area (Å²) in [5.41, 5.74) is 1.79. The van der Waals surface area contributed by atoms with E-state index in [1.165, 1.54) is 70.9 Å². The van der Waals surface area contributed by atoms with E-state index in [0.717, 1.165) is 12.0 Å². The molecule has 2 rings (SSSR count). The molecule has 2 nitrogen and oxygen atoms in total. The zero-order valence-corrected chi connectivity index (χ0v) is 13.0. The maximum absolute atomic E-state index is 3.86. The maximum Gasteiger partial charge on any atom is 0.0132 e. The van der Waals surface area contributed by atoms with E-state index < -0.39 is 0 Å². The third-order valence-corrected chi connectivity index (χ3v) is 4.76. The standard InChI is InChI=1S/C17H32N2/c1-19(2)14-8-13-18-17-12-7-6-11-16(17)15-9-4-3-5-10-15/h9,16-18H,3-8,10-14H2,1-2H3/t16-,17-/m1/s1. The lowest BCUT2D eigenvalue weighted by molar-refractivity contribution is 0.281. The van der Waals surface area contributed by atoms with E-state index >= 15 is 0 Å². The average molecular weight is 264 g/mol. The van der Waals surface area contributed by atoms with Crippen molar-refractivity contribution < 1.29 is 0 Å². The van der Waals surface area contributed by atoms with Crippen LogP contribution in [0.25, 0.3) is 0 Å². The van der Waals surface area contributed by atoms with Crippen LogP contribution >= 0.6 is 0 Å². The van der Waals surface area contributed by atoms with Gasteiger partial charge in [-0.15, -0.1) is 0 Å². The van der Waals surface area contributed by atoms with Crippen molar-refractivity contribution in [3.05, 3.63) is 11.6 Å². The molecular weight excluding hydrogens is 232 g/mol. The highest BCUT2D eigenvalue weighted by Crippen LogP contribution is 2.35. The summed E-state index contributed by atoms with van der Waals surface area (Å²) < 4.78 is 0. The van der Waals surface area contributed by atoms with Crippen LogP contribution in [0.1, 0.15) is 57.8 Å². The van der Waals surface area contributed by atoms with Gasteiger partial charge in [0, 0.05) is 6.04 Å². The van der Waals surface area contributed by atoms with Crippen LogP contribution in [0.4, 0.5) is 0 Å². The molecular formula is C17H32N2. The summed E-state index contributed by atoms with van der Waals surface area (Å²) in [4.78, 5) is 2.28. The van der Waals surface area contributed by atoms with Gasteiger partial charge in [-0.2, -0.15) is 0 Å². The minimum Gasteiger partial charge on any atom is -0.313 e. The van der Waals surface area contributed by atoms with Gasteiger partial charge in [0.1, 0.15) is 0 Å². The zero-order valence-electron chi connectivity index (χ0n) is 13.0. The van der Waals surface area contributed by atoms with Crippen molar-refractivity contribution in [3.63, 3.8) is 0 Å². The lowest BCUT2D eigenvalue weighted by atomic mass is 9.76. The van der Waals surface area contributed by atoms with E-state index in [2.05, 4.69) is 30.4 Å². The fraction of sp³-hybridized carbons (Fsp3) is 0.882. The van der Waals surface area contributed by atoms with Crippen LogP contribution in [0.3, 0.4) is 0 Å². The Morgan fingerprint density at radius 1 is 1.16 bits per heavy atom. The average Bonchev–Trinajstić information content (AvgIpc) is 2.45. The molecule has 1 saturated carbocycles. The first kappa shape index (κ1) is 15.1. The molecule has 110 valence electrons. The van der Waals surface area contributed by atoms with Gasteiger partial charge in [0.2, 0.25) is 0 Å². The highest BCUT2D eigenvalue weighted by molar-refractivity contribution is 5.13. The van der Waals surface area contributed by atoms with Gasteiger partial charge in [-0.25, -0.2) is 0 Å². The van der Waals surface area contributed by atoms with E-state index in [-0.39, 0.29) is 0 Å². The zero-order chi connectivity index (χ0) is 13.5. The third-order valence-electron chi connectivity index (χ3n) is 4.76. The Morgan fingerprint density at radius 3 is 2.74 bits per heavy atom. The molecule has 0 amide bonds. The van der Waals surface area contributed by atoms with Crippen molar-refractivity contribution in [1.29, 1.82) is 0 Å². The number of allylic oxidation sites excluding steroid dienone is 1. The normalized spacial score (nSPS) is 28.5. The summed E-state index contributed by atoms with van der Waals surface area (Å²) >= 11 is 0. The minimum atomic E-state index is 0.764. The quantitative estimate of drug-likeness (QED) is 0.582. The Morgan fingerprint density at radius 2 is 2.00 bits per heavy atom. The Balaban J connectivity index is 1.80. The molecule has 0 unspecified atom stereocenters. The summed E-state index contributed by atoms with van der Waals surface area (Å²) in [6, 6.07) is 0.764. The molecule has 19 heavy (non-hydrogen) atoms. The van der Waals surface area contributed by atoms with E-state index in [9.17, 15) is 0 Å². The van der Waals surface area contributed by atoms with Crippen molar-refractivity contribution in [2.45, 2.75) is 63.8 Å². The summed E-state index contributed by atoms with van der Waals surface area (Å²) in [5, 5.41) is 3.86. The van der Waals surface area contributed by atoms with Crippen molar-refractivity contribution in [2.75, 3.05) is 27.2 Å². The molecule has 1 N–H and O–H groups in total. The van der Waals surface area contributed by atoms with Gasteiger partial charge in [0.25, 0.3) is 0 Å². The van der Waals surface area contributed by atoms with Crippen molar-refractivity contribution in [1.82, 2.24) is 10.2 Å². The van der Waals surface area contributed by atoms with Gasteiger partial charge < -0.3 is 10.2 Å². The second-order valence-electron chi connectivity index (χ2n) is 6.63. The van der Waals surface area contributed by atoms with Crippen molar-refractivity contribution in [3.8, 4) is 0 Å². The van der Waals surface area contributed by atoms with Crippen LogP contribution < -0.4 is 5.32 Å². The van der Waals surface area contributed by atoms with Crippen LogP contribution in [-0.2, 0) is 0 Å². The molecule has 0 radical (unpaired) electrons. The summed E-state index contributed by atoms with van der Waals surface area (Å²) in [6.07, 6.45) is 15.1. The molecule has 0 aliphatic heterocycles. The third kappa shape index (κ3) is 4.92. The fourth-order valence-electron chi connectivity index (χ4n) is 3.70. The monoisotopic (exact) mass is 264 g/mol. The van der Waals surface area contributed by atoms with E-state index in [4.69, 9.17) is 0 Å². The summed E-state index contributed by atoms with van der Waals surface area (Å²) in [5.74, 6) is 0.855. The highest BCUT2D eigenvalue weighted by Gasteiger charge is 2.27. The molecule has 0 spiro atoms. The first-order chi connectivity index (χ1) is 9.27. The minimum absolute atomic E-state index is 0.764. The second-order valence-corrected chi connectivity index (χ2v) is 6.63. The lowest BCUT2D eigenvalue weighted by Gasteiger charge is -2.35. The van der Waals surface area contributed by atoms with Gasteiger partial charge in [0.15, 0.2) is 0 Å². The number of hydrogen-bond donors (Lipinski definition) is 1. The summed E-state index contributed by atoms with van der Waals surface area (Å²) in [7, 11) is 4.33. The smallest absolute Gasteiger partial charge is 0.0132 e. The van der Waals surface area contributed by atoms with Gasteiger partial charge in [-0.3, -0.25) is 0 Å². The first-order valence-corrected chi connectivity index (χ1v) is 8.34. The number of hydrogen-bond acceptors (Lipinski definition) is 2. The Bertz CT molecular complexity index is 283. The topological polar surface area (TPSA) is 15.3 Å². The Labute approximate surface area is 119 Å². The molecule has 2 atom stereocenters. The molecule has 0 heterocycles. The maximum atomic E-state index is 3.86. The molecule has 0 aromatic heterocycles. The van der Waals surface area contributed by atoms with Gasteiger partial charge in [-0.1, -0.05) is 24.5 Å². The largest absolute Gasteiger partial charge is 0.313 e. The predicted molar refractivity (Wildman–Crippen MR) is 83.5 cm³/mol. The number of nitrogens with zero attached hydrogens (tertiary/aromatic N) is 1. The Kier molecular flexibility index (Phi) is 6.39. The molecule has 1 fully saturated rings. The Hall–Kier alpha value is -0.340. The van der Waals surface area contributed by atoms with Crippen LogP contribution in [0, 0.1) is 5.92 Å². The molecule has 2 aliphatic carbocycles. The lowest BCUT2D eigenvalue weighted by Crippen LogP contribution is -2.40. The van der Waals surface area contributed by atoms with Crippen molar-refractivity contribution >= 4 is 0 Å². The predicted octanol–water partition coefficient (Wildman–Crippen LogP) is 3.59. The molecule has 2 aliphatic rings. The molecule has 2 heteroatoms. The SMILES string of the molecule is CN(C)CCCN[C@@H]1CCCC[C@@H]1C1=CCCCC1. The molecule has 0 bridgehead atoms. The van der Waals surface area contributed by atoms with Crippen LogP contribution in [0.15, 0.2) is 11.6 Å². The number of nitrogens with one attached hydrogen (secondary N) is 1. The van der Waals surface area contributed by atoms with Crippen LogP contribution in [-0.4, -0.2) is 38.1 Å². The first-order valence-electron chi connectivity index (χ1n) is 8.34. The van der Waals surface area contributed by atoms with Crippen LogP contribution in [0.2, 0.25) is 0 Å². The fourth-order valence-corrected chi connectivity index (χ4v) is 3.70. The highest BCUT2D eigenvalue weighted by atomic mass is 15.1.